The second-order valence-electron chi connectivity index (χ2n) is 1.84. The molecule has 0 aromatic heterocycles. The molecule has 1 aromatic carbocycles. The molecule has 0 spiro atoms. The van der Waals surface area contributed by atoms with Crippen LogP contribution in [0.2, 0.25) is 0 Å². The van der Waals surface area contributed by atoms with Crippen molar-refractivity contribution in [1.82, 2.24) is 0 Å². The molecule has 1 rings (SSSR count). The van der Waals surface area contributed by atoms with Crippen molar-refractivity contribution in [2.75, 3.05) is 0 Å². The molecule has 0 aliphatic rings. The van der Waals surface area contributed by atoms with Gasteiger partial charge in [0.15, 0.2) is 0 Å². The van der Waals surface area contributed by atoms with Crippen molar-refractivity contribution < 1.29 is 0 Å². The van der Waals surface area contributed by atoms with Gasteiger partial charge in [0.05, 0.1) is 0 Å². The van der Waals surface area contributed by atoms with Crippen LogP contribution in [0.1, 0.15) is 12.5 Å². The van der Waals surface area contributed by atoms with E-state index in [1.807, 2.05) is 6.07 Å². The quantitative estimate of drug-likeness (QED) is 0.525. The first-order valence-electron chi connectivity index (χ1n) is 2.97. The van der Waals surface area contributed by atoms with Gasteiger partial charge < -0.3 is 0 Å². The second-order valence-corrected chi connectivity index (χ2v) is 1.84. The smallest absolute Gasteiger partial charge is 0.0307 e. The minimum atomic E-state index is 0. The number of aryl methyl sites for hydroxylation is 1. The standard InChI is InChI=1S/C8H10.H3P/c1-2-8-6-4-3-5-7-8;/h3-7H,2H2,1H3;1H3. The van der Waals surface area contributed by atoms with E-state index >= 15 is 0 Å². The third kappa shape index (κ3) is 2.62. The van der Waals surface area contributed by atoms with Crippen LogP contribution < -0.4 is 0 Å². The van der Waals surface area contributed by atoms with Gasteiger partial charge in [0.25, 0.3) is 0 Å². The Bertz CT molecular complexity index is 146. The summed E-state index contributed by atoms with van der Waals surface area (Å²) in [6, 6.07) is 10.5. The lowest BCUT2D eigenvalue weighted by Crippen LogP contribution is -1.73. The molecule has 1 atom stereocenters. The summed E-state index contributed by atoms with van der Waals surface area (Å²) < 4.78 is 0. The minimum Gasteiger partial charge on any atom is -0.153 e. The Balaban J connectivity index is 0.000000640. The highest BCUT2D eigenvalue weighted by Gasteiger charge is 1.79. The van der Waals surface area contributed by atoms with Crippen molar-refractivity contribution in [2.24, 2.45) is 0 Å². The fourth-order valence-electron chi connectivity index (χ4n) is 0.714. The summed E-state index contributed by atoms with van der Waals surface area (Å²) >= 11 is 0. The first-order valence-corrected chi connectivity index (χ1v) is 2.97. The first kappa shape index (κ1) is 8.65. The topological polar surface area (TPSA) is 0 Å². The molecule has 1 heteroatoms. The molecule has 0 bridgehead atoms. The van der Waals surface area contributed by atoms with E-state index in [9.17, 15) is 0 Å². The van der Waals surface area contributed by atoms with Crippen molar-refractivity contribution in [3.8, 4) is 0 Å². The van der Waals surface area contributed by atoms with Crippen LogP contribution in [0.15, 0.2) is 30.3 Å². The maximum atomic E-state index is 2.16. The molecule has 0 N–H and O–H groups in total. The lowest BCUT2D eigenvalue weighted by Gasteiger charge is -1.89. The van der Waals surface area contributed by atoms with Gasteiger partial charge in [0.1, 0.15) is 0 Å². The molecule has 0 aliphatic carbocycles. The van der Waals surface area contributed by atoms with Crippen LogP contribution >= 0.6 is 9.90 Å². The highest BCUT2D eigenvalue weighted by Crippen LogP contribution is 1.96. The predicted molar refractivity (Wildman–Crippen MR) is 46.9 cm³/mol. The molecule has 0 aliphatic heterocycles. The van der Waals surface area contributed by atoms with Gasteiger partial charge in [-0.1, -0.05) is 37.3 Å². The third-order valence-corrected chi connectivity index (χ3v) is 1.25. The van der Waals surface area contributed by atoms with E-state index in [4.69, 9.17) is 0 Å². The second kappa shape index (κ2) is 4.52. The summed E-state index contributed by atoms with van der Waals surface area (Å²) in [5, 5.41) is 0. The molecule has 1 unspecified atom stereocenters. The fourth-order valence-corrected chi connectivity index (χ4v) is 0.714. The van der Waals surface area contributed by atoms with Crippen molar-refractivity contribution in [3.63, 3.8) is 0 Å². The molecule has 0 fully saturated rings. The van der Waals surface area contributed by atoms with E-state index in [2.05, 4.69) is 31.2 Å². The van der Waals surface area contributed by atoms with Crippen LogP contribution in [0.25, 0.3) is 0 Å². The minimum absolute atomic E-state index is 0. The maximum absolute atomic E-state index is 2.16. The SMILES string of the molecule is CCc1ccccc1.P. The molecule has 0 nitrogen and oxygen atoms in total. The van der Waals surface area contributed by atoms with Gasteiger partial charge in [0, 0.05) is 0 Å². The highest BCUT2D eigenvalue weighted by molar-refractivity contribution is 6.92. The van der Waals surface area contributed by atoms with E-state index < -0.39 is 0 Å². The zero-order chi connectivity index (χ0) is 5.82. The molecule has 0 saturated heterocycles. The molecule has 50 valence electrons. The largest absolute Gasteiger partial charge is 0.153 e. The molecule has 0 heterocycles. The van der Waals surface area contributed by atoms with E-state index in [1.165, 1.54) is 5.56 Å². The summed E-state index contributed by atoms with van der Waals surface area (Å²) in [6.07, 6.45) is 1.14. The lowest BCUT2D eigenvalue weighted by atomic mass is 10.2. The van der Waals surface area contributed by atoms with Gasteiger partial charge in [-0.25, -0.2) is 0 Å². The molecular weight excluding hydrogens is 127 g/mol. The fraction of sp³-hybridized carbons (Fsp3) is 0.250. The molecule has 0 saturated carbocycles. The summed E-state index contributed by atoms with van der Waals surface area (Å²) in [5.41, 5.74) is 1.41. The molecular formula is C8H13P. The molecule has 0 amide bonds. The zero-order valence-electron chi connectivity index (χ0n) is 5.80. The highest BCUT2D eigenvalue weighted by atomic mass is 31.0. The lowest BCUT2D eigenvalue weighted by molar-refractivity contribution is 1.14. The van der Waals surface area contributed by atoms with Crippen molar-refractivity contribution >= 4 is 9.90 Å². The van der Waals surface area contributed by atoms with Gasteiger partial charge in [-0.2, -0.15) is 9.90 Å². The van der Waals surface area contributed by atoms with E-state index in [0.717, 1.165) is 6.42 Å². The Morgan fingerprint density at radius 1 is 1.11 bits per heavy atom. The van der Waals surface area contributed by atoms with Gasteiger partial charge in [-0.15, -0.1) is 0 Å². The Hall–Kier alpha value is -0.350. The van der Waals surface area contributed by atoms with Gasteiger partial charge in [-0.3, -0.25) is 0 Å². The summed E-state index contributed by atoms with van der Waals surface area (Å²) in [6.45, 7) is 2.16. The Morgan fingerprint density at radius 2 is 1.67 bits per heavy atom. The van der Waals surface area contributed by atoms with Crippen molar-refractivity contribution in [2.45, 2.75) is 13.3 Å². The van der Waals surface area contributed by atoms with Crippen LogP contribution in [0.5, 0.6) is 0 Å². The number of hydrogen-bond acceptors (Lipinski definition) is 0. The zero-order valence-corrected chi connectivity index (χ0v) is 7.22. The van der Waals surface area contributed by atoms with E-state index in [1.54, 1.807) is 0 Å². The Labute approximate surface area is 59.9 Å². The Morgan fingerprint density at radius 3 is 2.00 bits per heavy atom. The van der Waals surface area contributed by atoms with Crippen molar-refractivity contribution in [1.29, 1.82) is 0 Å². The van der Waals surface area contributed by atoms with E-state index in [-0.39, 0.29) is 9.90 Å². The van der Waals surface area contributed by atoms with Crippen LogP contribution in [-0.4, -0.2) is 0 Å². The Kier molecular flexibility index (Phi) is 4.35. The van der Waals surface area contributed by atoms with Crippen LogP contribution in [0, 0.1) is 0 Å². The monoisotopic (exact) mass is 140 g/mol. The van der Waals surface area contributed by atoms with E-state index in [0.29, 0.717) is 0 Å². The summed E-state index contributed by atoms with van der Waals surface area (Å²) in [7, 11) is 0. The van der Waals surface area contributed by atoms with Crippen LogP contribution in [0.4, 0.5) is 0 Å². The molecule has 9 heavy (non-hydrogen) atoms. The summed E-state index contributed by atoms with van der Waals surface area (Å²) in [5.74, 6) is 0. The summed E-state index contributed by atoms with van der Waals surface area (Å²) in [4.78, 5) is 0. The number of hydrogen-bond donors (Lipinski definition) is 0. The third-order valence-electron chi connectivity index (χ3n) is 1.25. The average molecular weight is 140 g/mol. The molecule has 0 radical (unpaired) electrons. The van der Waals surface area contributed by atoms with Crippen LogP contribution in [-0.2, 0) is 6.42 Å². The predicted octanol–water partition coefficient (Wildman–Crippen LogP) is 2.31. The van der Waals surface area contributed by atoms with Gasteiger partial charge in [-0.05, 0) is 12.0 Å². The van der Waals surface area contributed by atoms with Crippen molar-refractivity contribution in [3.05, 3.63) is 35.9 Å². The number of benzene rings is 1. The van der Waals surface area contributed by atoms with Gasteiger partial charge in [0.2, 0.25) is 0 Å². The molecule has 1 aromatic rings. The average Bonchev–Trinajstić information content (AvgIpc) is 1.90. The van der Waals surface area contributed by atoms with Crippen LogP contribution in [0.3, 0.4) is 0 Å². The van der Waals surface area contributed by atoms with Gasteiger partial charge >= 0.3 is 0 Å². The number of rotatable bonds is 1. The maximum Gasteiger partial charge on any atom is -0.0307 e. The normalized spacial score (nSPS) is 8.11. The first-order chi connectivity index (χ1) is 3.93.